The minimum absolute atomic E-state index is 0.0619. The van der Waals surface area contributed by atoms with Crippen molar-refractivity contribution in [3.8, 4) is 11.3 Å². The van der Waals surface area contributed by atoms with Crippen LogP contribution in [0.15, 0.2) is 60.2 Å². The highest BCUT2D eigenvalue weighted by Crippen LogP contribution is 2.42. The molecule has 4 nitrogen and oxygen atoms in total. The summed E-state index contributed by atoms with van der Waals surface area (Å²) >= 11 is 1.46. The lowest BCUT2D eigenvalue weighted by molar-refractivity contribution is -0.121. The third-order valence-electron chi connectivity index (χ3n) is 4.92. The molecule has 2 heterocycles. The van der Waals surface area contributed by atoms with E-state index in [0.29, 0.717) is 5.13 Å². The Balaban J connectivity index is 1.58. The molecule has 126 valence electrons. The van der Waals surface area contributed by atoms with Crippen molar-refractivity contribution in [3.05, 3.63) is 65.8 Å². The molecule has 1 aliphatic rings. The van der Waals surface area contributed by atoms with Gasteiger partial charge >= 0.3 is 0 Å². The Hall–Kier alpha value is -2.53. The number of aromatic nitrogens is 2. The lowest BCUT2D eigenvalue weighted by Gasteiger charge is -2.27. The number of benzene rings is 1. The topological polar surface area (TPSA) is 54.9 Å². The van der Waals surface area contributed by atoms with Crippen molar-refractivity contribution in [1.29, 1.82) is 0 Å². The van der Waals surface area contributed by atoms with E-state index in [1.807, 2.05) is 35.7 Å². The number of hydrogen-bond donors (Lipinski definition) is 1. The normalized spacial score (nSPS) is 15.8. The number of pyridine rings is 1. The molecule has 0 aliphatic heterocycles. The number of thiazole rings is 1. The summed E-state index contributed by atoms with van der Waals surface area (Å²) < 4.78 is 0. The van der Waals surface area contributed by atoms with Gasteiger partial charge in [0.2, 0.25) is 5.91 Å². The maximum absolute atomic E-state index is 13.1. The molecular weight excluding hydrogens is 330 g/mol. The number of carbonyl (C=O) groups is 1. The second-order valence-electron chi connectivity index (χ2n) is 6.38. The fourth-order valence-corrected chi connectivity index (χ4v) is 4.30. The number of nitrogens with one attached hydrogen (secondary N) is 1. The lowest BCUT2D eigenvalue weighted by Crippen LogP contribution is -2.37. The van der Waals surface area contributed by atoms with Gasteiger partial charge in [-0.05, 0) is 30.5 Å². The minimum Gasteiger partial charge on any atom is -0.301 e. The van der Waals surface area contributed by atoms with E-state index >= 15 is 0 Å². The van der Waals surface area contributed by atoms with Crippen molar-refractivity contribution in [2.45, 2.75) is 31.1 Å². The van der Waals surface area contributed by atoms with E-state index in [4.69, 9.17) is 0 Å². The van der Waals surface area contributed by atoms with Gasteiger partial charge in [0.1, 0.15) is 0 Å². The van der Waals surface area contributed by atoms with E-state index in [9.17, 15) is 4.79 Å². The van der Waals surface area contributed by atoms with Crippen molar-refractivity contribution in [1.82, 2.24) is 9.97 Å². The smallest absolute Gasteiger partial charge is 0.236 e. The van der Waals surface area contributed by atoms with Crippen LogP contribution >= 0.6 is 11.3 Å². The van der Waals surface area contributed by atoms with Gasteiger partial charge in [-0.2, -0.15) is 0 Å². The van der Waals surface area contributed by atoms with Crippen LogP contribution in [-0.2, 0) is 10.2 Å². The Bertz CT molecular complexity index is 855. The Kier molecular flexibility index (Phi) is 4.32. The SMILES string of the molecule is O=C(Nc1nc(-c2ccncc2)cs1)C1(c2ccccc2)CCCC1. The van der Waals surface area contributed by atoms with Crippen molar-refractivity contribution in [2.24, 2.45) is 0 Å². The molecule has 3 aromatic rings. The van der Waals surface area contributed by atoms with Gasteiger partial charge in [0.15, 0.2) is 5.13 Å². The summed E-state index contributed by atoms with van der Waals surface area (Å²) in [4.78, 5) is 21.7. The Labute approximate surface area is 151 Å². The highest BCUT2D eigenvalue weighted by molar-refractivity contribution is 7.14. The first kappa shape index (κ1) is 16.0. The Morgan fingerprint density at radius 3 is 2.48 bits per heavy atom. The van der Waals surface area contributed by atoms with Gasteiger partial charge in [-0.25, -0.2) is 4.98 Å². The number of rotatable bonds is 4. The average molecular weight is 349 g/mol. The molecule has 25 heavy (non-hydrogen) atoms. The molecule has 1 fully saturated rings. The van der Waals surface area contributed by atoms with E-state index in [1.54, 1.807) is 12.4 Å². The fraction of sp³-hybridized carbons (Fsp3) is 0.250. The second-order valence-corrected chi connectivity index (χ2v) is 7.24. The van der Waals surface area contributed by atoms with Gasteiger partial charge < -0.3 is 5.32 Å². The van der Waals surface area contributed by atoms with E-state index < -0.39 is 5.41 Å². The summed E-state index contributed by atoms with van der Waals surface area (Å²) in [5.41, 5.74) is 2.55. The largest absolute Gasteiger partial charge is 0.301 e. The highest BCUT2D eigenvalue weighted by atomic mass is 32.1. The number of carbonyl (C=O) groups excluding carboxylic acids is 1. The molecule has 0 radical (unpaired) electrons. The summed E-state index contributed by atoms with van der Waals surface area (Å²) in [5, 5.41) is 5.69. The number of anilines is 1. The van der Waals surface area contributed by atoms with Crippen LogP contribution in [0.4, 0.5) is 5.13 Å². The predicted molar refractivity (Wildman–Crippen MR) is 101 cm³/mol. The van der Waals surface area contributed by atoms with Gasteiger partial charge in [0.25, 0.3) is 0 Å². The molecule has 1 saturated carbocycles. The van der Waals surface area contributed by atoms with Crippen LogP contribution in [0.2, 0.25) is 0 Å². The zero-order chi connectivity index (χ0) is 17.1. The molecule has 0 saturated heterocycles. The Morgan fingerprint density at radius 1 is 1.04 bits per heavy atom. The standard InChI is InChI=1S/C20H19N3OS/c24-18(20(10-4-5-11-20)16-6-2-1-3-7-16)23-19-22-17(14-25-19)15-8-12-21-13-9-15/h1-3,6-9,12-14H,4-5,10-11H2,(H,22,23,24). The summed E-state index contributed by atoms with van der Waals surface area (Å²) in [6, 6.07) is 14.0. The number of nitrogens with zero attached hydrogens (tertiary/aromatic N) is 2. The number of hydrogen-bond acceptors (Lipinski definition) is 4. The van der Waals surface area contributed by atoms with Crippen molar-refractivity contribution < 1.29 is 4.79 Å². The van der Waals surface area contributed by atoms with Crippen LogP contribution in [0, 0.1) is 0 Å². The molecule has 1 amide bonds. The average Bonchev–Trinajstić information content (AvgIpc) is 3.34. The monoisotopic (exact) mass is 349 g/mol. The van der Waals surface area contributed by atoms with Crippen LogP contribution in [0.25, 0.3) is 11.3 Å². The molecule has 0 unspecified atom stereocenters. The van der Waals surface area contributed by atoms with Crippen LogP contribution in [0.3, 0.4) is 0 Å². The maximum atomic E-state index is 13.1. The minimum atomic E-state index is -0.427. The molecule has 0 atom stereocenters. The quantitative estimate of drug-likeness (QED) is 0.745. The molecule has 4 rings (SSSR count). The molecule has 0 bridgehead atoms. The van der Waals surface area contributed by atoms with Gasteiger partial charge in [0.05, 0.1) is 11.1 Å². The predicted octanol–water partition coefficient (Wildman–Crippen LogP) is 4.66. The highest BCUT2D eigenvalue weighted by Gasteiger charge is 2.42. The van der Waals surface area contributed by atoms with Crippen LogP contribution < -0.4 is 5.32 Å². The molecule has 5 heteroatoms. The van der Waals surface area contributed by atoms with E-state index in [-0.39, 0.29) is 5.91 Å². The third-order valence-corrected chi connectivity index (χ3v) is 5.68. The van der Waals surface area contributed by atoms with Crippen molar-refractivity contribution in [3.63, 3.8) is 0 Å². The number of amides is 1. The van der Waals surface area contributed by atoms with Crippen LogP contribution in [0.1, 0.15) is 31.2 Å². The Morgan fingerprint density at radius 2 is 1.76 bits per heavy atom. The van der Waals surface area contributed by atoms with Gasteiger partial charge in [-0.1, -0.05) is 43.2 Å². The zero-order valence-electron chi connectivity index (χ0n) is 13.8. The zero-order valence-corrected chi connectivity index (χ0v) is 14.6. The van der Waals surface area contributed by atoms with Crippen molar-refractivity contribution >= 4 is 22.4 Å². The van der Waals surface area contributed by atoms with Crippen molar-refractivity contribution in [2.75, 3.05) is 5.32 Å². The van der Waals surface area contributed by atoms with Gasteiger partial charge in [-0.15, -0.1) is 11.3 Å². The first-order valence-corrected chi connectivity index (χ1v) is 9.39. The molecular formula is C20H19N3OS. The van der Waals surface area contributed by atoms with Crippen LogP contribution in [0.5, 0.6) is 0 Å². The molecule has 1 N–H and O–H groups in total. The first-order valence-electron chi connectivity index (χ1n) is 8.51. The van der Waals surface area contributed by atoms with Gasteiger partial charge in [-0.3, -0.25) is 9.78 Å². The third kappa shape index (κ3) is 3.07. The van der Waals surface area contributed by atoms with E-state index in [2.05, 4.69) is 27.4 Å². The first-order chi connectivity index (χ1) is 12.3. The fourth-order valence-electron chi connectivity index (χ4n) is 3.59. The second kappa shape index (κ2) is 6.76. The summed E-state index contributed by atoms with van der Waals surface area (Å²) in [6.07, 6.45) is 7.45. The van der Waals surface area contributed by atoms with E-state index in [1.165, 1.54) is 11.3 Å². The summed E-state index contributed by atoms with van der Waals surface area (Å²) in [7, 11) is 0. The van der Waals surface area contributed by atoms with E-state index in [0.717, 1.165) is 42.5 Å². The molecule has 1 aromatic carbocycles. The van der Waals surface area contributed by atoms with Crippen LogP contribution in [-0.4, -0.2) is 15.9 Å². The summed E-state index contributed by atoms with van der Waals surface area (Å²) in [5.74, 6) is 0.0619. The molecule has 2 aromatic heterocycles. The maximum Gasteiger partial charge on any atom is 0.236 e. The van der Waals surface area contributed by atoms with Gasteiger partial charge in [0, 0.05) is 23.3 Å². The molecule has 0 spiro atoms. The lowest BCUT2D eigenvalue weighted by atomic mass is 9.78. The molecule has 1 aliphatic carbocycles. The summed E-state index contributed by atoms with van der Waals surface area (Å²) in [6.45, 7) is 0.